The summed E-state index contributed by atoms with van der Waals surface area (Å²) in [7, 11) is 0. The second kappa shape index (κ2) is 6.59. The van der Waals surface area contributed by atoms with Gasteiger partial charge in [0.15, 0.2) is 0 Å². The van der Waals surface area contributed by atoms with Gasteiger partial charge in [-0.1, -0.05) is 12.2 Å². The van der Waals surface area contributed by atoms with Crippen LogP contribution < -0.4 is 0 Å². The first-order chi connectivity index (χ1) is 12.1. The summed E-state index contributed by atoms with van der Waals surface area (Å²) in [5, 5.41) is 10.7. The largest absolute Gasteiger partial charge is 0.336 e. The molecule has 0 N–H and O–H groups in total. The lowest BCUT2D eigenvalue weighted by Crippen LogP contribution is -2.50. The first-order valence-corrected chi connectivity index (χ1v) is 9.04. The van der Waals surface area contributed by atoms with Crippen molar-refractivity contribution in [2.45, 2.75) is 12.8 Å². The summed E-state index contributed by atoms with van der Waals surface area (Å²) in [5.41, 5.74) is 0.540. The highest BCUT2D eigenvalue weighted by Crippen LogP contribution is 2.43. The molecule has 0 aromatic heterocycles. The van der Waals surface area contributed by atoms with Crippen LogP contribution in [0.2, 0.25) is 0 Å². The number of carbonyl (C=O) groups excluding carboxylic acids is 1. The monoisotopic (exact) mass is 341 g/mol. The zero-order valence-electron chi connectivity index (χ0n) is 14.2. The first kappa shape index (κ1) is 16.3. The van der Waals surface area contributed by atoms with Crippen molar-refractivity contribution in [2.75, 3.05) is 32.7 Å². The van der Waals surface area contributed by atoms with Crippen molar-refractivity contribution >= 4 is 11.6 Å². The number of amides is 1. The quantitative estimate of drug-likeness (QED) is 0.480. The minimum Gasteiger partial charge on any atom is -0.336 e. The lowest BCUT2D eigenvalue weighted by atomic mass is 9.93. The number of rotatable bonds is 4. The van der Waals surface area contributed by atoms with Crippen molar-refractivity contribution in [1.82, 2.24) is 9.80 Å². The number of fused-ring (bicyclic) bond motifs is 2. The Hall–Kier alpha value is -2.21. The van der Waals surface area contributed by atoms with E-state index in [0.717, 1.165) is 50.5 Å². The molecular formula is C19H23N3O3. The van der Waals surface area contributed by atoms with Crippen LogP contribution in [0.3, 0.4) is 0 Å². The zero-order valence-corrected chi connectivity index (χ0v) is 14.2. The molecule has 0 radical (unpaired) electrons. The van der Waals surface area contributed by atoms with Gasteiger partial charge in [0, 0.05) is 50.4 Å². The Morgan fingerprint density at radius 2 is 1.80 bits per heavy atom. The fourth-order valence-electron chi connectivity index (χ4n) is 4.48. The Balaban J connectivity index is 1.30. The van der Waals surface area contributed by atoms with Crippen LogP contribution in [-0.2, 0) is 0 Å². The summed E-state index contributed by atoms with van der Waals surface area (Å²) in [6.07, 6.45) is 7.43. The summed E-state index contributed by atoms with van der Waals surface area (Å²) in [6, 6.07) is 5.89. The Labute approximate surface area is 147 Å². The van der Waals surface area contributed by atoms with Gasteiger partial charge in [0.1, 0.15) is 0 Å². The SMILES string of the molecule is O=C(c1ccc([N+](=O)[O-])cc1)N1CCN(C[C@@H]2C[C@H]3C=C[C@H]2C3)CC1. The van der Waals surface area contributed by atoms with E-state index >= 15 is 0 Å². The molecule has 4 rings (SSSR count). The van der Waals surface area contributed by atoms with Gasteiger partial charge in [-0.15, -0.1) is 0 Å². The van der Waals surface area contributed by atoms with E-state index < -0.39 is 4.92 Å². The summed E-state index contributed by atoms with van der Waals surface area (Å²) >= 11 is 0. The van der Waals surface area contributed by atoms with E-state index in [4.69, 9.17) is 0 Å². The highest BCUT2D eigenvalue weighted by Gasteiger charge is 2.36. The van der Waals surface area contributed by atoms with E-state index in [1.54, 1.807) is 12.1 Å². The molecule has 2 aliphatic carbocycles. The molecule has 6 nitrogen and oxygen atoms in total. The number of nitro groups is 1. The molecule has 1 aromatic rings. The molecule has 3 aliphatic rings. The van der Waals surface area contributed by atoms with Crippen molar-refractivity contribution in [2.24, 2.45) is 17.8 Å². The molecule has 25 heavy (non-hydrogen) atoms. The molecule has 0 unspecified atom stereocenters. The maximum absolute atomic E-state index is 12.6. The molecule has 3 atom stereocenters. The average molecular weight is 341 g/mol. The number of non-ortho nitro benzene ring substituents is 1. The van der Waals surface area contributed by atoms with E-state index in [9.17, 15) is 14.9 Å². The Bertz CT molecular complexity index is 692. The van der Waals surface area contributed by atoms with Crippen molar-refractivity contribution in [3.63, 3.8) is 0 Å². The number of benzene rings is 1. The fourth-order valence-corrected chi connectivity index (χ4v) is 4.48. The van der Waals surface area contributed by atoms with Gasteiger partial charge in [0.05, 0.1) is 4.92 Å². The predicted octanol–water partition coefficient (Wildman–Crippen LogP) is 2.56. The lowest BCUT2D eigenvalue weighted by molar-refractivity contribution is -0.384. The third-order valence-corrected chi connectivity index (χ3v) is 5.89. The van der Waals surface area contributed by atoms with Gasteiger partial charge in [-0.3, -0.25) is 19.8 Å². The van der Waals surface area contributed by atoms with Crippen LogP contribution in [0, 0.1) is 27.9 Å². The van der Waals surface area contributed by atoms with Crippen LogP contribution in [0.25, 0.3) is 0 Å². The predicted molar refractivity (Wildman–Crippen MR) is 94.3 cm³/mol. The molecule has 1 aliphatic heterocycles. The van der Waals surface area contributed by atoms with Gasteiger partial charge in [0.2, 0.25) is 0 Å². The molecule has 1 heterocycles. The number of allylic oxidation sites excluding steroid dienone is 2. The highest BCUT2D eigenvalue weighted by atomic mass is 16.6. The Morgan fingerprint density at radius 1 is 1.08 bits per heavy atom. The molecule has 2 bridgehead atoms. The molecule has 1 aromatic carbocycles. The molecule has 2 fully saturated rings. The first-order valence-electron chi connectivity index (χ1n) is 9.04. The van der Waals surface area contributed by atoms with Crippen LogP contribution in [0.1, 0.15) is 23.2 Å². The van der Waals surface area contributed by atoms with Crippen LogP contribution in [0.5, 0.6) is 0 Å². The smallest absolute Gasteiger partial charge is 0.269 e. The van der Waals surface area contributed by atoms with E-state index in [2.05, 4.69) is 17.1 Å². The summed E-state index contributed by atoms with van der Waals surface area (Å²) in [6.45, 7) is 4.43. The van der Waals surface area contributed by atoms with E-state index in [1.165, 1.54) is 25.0 Å². The molecule has 132 valence electrons. The van der Waals surface area contributed by atoms with Crippen molar-refractivity contribution in [3.8, 4) is 0 Å². The van der Waals surface area contributed by atoms with Gasteiger partial charge in [-0.25, -0.2) is 0 Å². The number of carbonyl (C=O) groups is 1. The van der Waals surface area contributed by atoms with Gasteiger partial charge in [-0.05, 0) is 42.7 Å². The second-order valence-corrected chi connectivity index (χ2v) is 7.44. The Morgan fingerprint density at radius 3 is 2.36 bits per heavy atom. The second-order valence-electron chi connectivity index (χ2n) is 7.44. The zero-order chi connectivity index (χ0) is 17.4. The summed E-state index contributed by atoms with van der Waals surface area (Å²) in [4.78, 5) is 27.2. The van der Waals surface area contributed by atoms with Crippen molar-refractivity contribution < 1.29 is 9.72 Å². The lowest BCUT2D eigenvalue weighted by Gasteiger charge is -2.37. The summed E-state index contributed by atoms with van der Waals surface area (Å²) < 4.78 is 0. The van der Waals surface area contributed by atoms with Crippen molar-refractivity contribution in [3.05, 3.63) is 52.1 Å². The van der Waals surface area contributed by atoms with Gasteiger partial charge >= 0.3 is 0 Å². The molecule has 1 amide bonds. The Kier molecular flexibility index (Phi) is 4.29. The topological polar surface area (TPSA) is 66.7 Å². The van der Waals surface area contributed by atoms with Gasteiger partial charge in [-0.2, -0.15) is 0 Å². The van der Waals surface area contributed by atoms with E-state index in [1.807, 2.05) is 4.90 Å². The molecule has 1 saturated heterocycles. The third kappa shape index (κ3) is 3.31. The highest BCUT2D eigenvalue weighted by molar-refractivity contribution is 5.94. The summed E-state index contributed by atoms with van der Waals surface area (Å²) in [5.74, 6) is 2.33. The normalized spacial score (nSPS) is 28.5. The number of nitrogens with zero attached hydrogens (tertiary/aromatic N) is 3. The van der Waals surface area contributed by atoms with Crippen LogP contribution in [0.4, 0.5) is 5.69 Å². The standard InChI is InChI=1S/C19H23N3O3/c23-19(15-3-5-18(6-4-15)22(24)25)21-9-7-20(8-10-21)13-17-12-14-1-2-16(17)11-14/h1-6,14,16-17H,7-13H2/t14-,16-,17-/m0/s1. The minimum atomic E-state index is -0.447. The number of hydrogen-bond donors (Lipinski definition) is 0. The van der Waals surface area contributed by atoms with Gasteiger partial charge < -0.3 is 4.90 Å². The maximum atomic E-state index is 12.6. The maximum Gasteiger partial charge on any atom is 0.269 e. The number of nitro benzene ring substituents is 1. The van der Waals surface area contributed by atoms with Crippen LogP contribution >= 0.6 is 0 Å². The minimum absolute atomic E-state index is 0.0151. The fraction of sp³-hybridized carbons (Fsp3) is 0.526. The third-order valence-electron chi connectivity index (χ3n) is 5.89. The molecule has 6 heteroatoms. The average Bonchev–Trinajstić information content (AvgIpc) is 3.25. The molecule has 1 saturated carbocycles. The van der Waals surface area contributed by atoms with E-state index in [0.29, 0.717) is 5.56 Å². The van der Waals surface area contributed by atoms with Crippen LogP contribution in [0.15, 0.2) is 36.4 Å². The molecular weight excluding hydrogens is 318 g/mol. The number of hydrogen-bond acceptors (Lipinski definition) is 4. The van der Waals surface area contributed by atoms with Gasteiger partial charge in [0.25, 0.3) is 11.6 Å². The molecule has 0 spiro atoms. The van der Waals surface area contributed by atoms with Crippen molar-refractivity contribution in [1.29, 1.82) is 0 Å². The van der Waals surface area contributed by atoms with E-state index in [-0.39, 0.29) is 11.6 Å². The number of piperazine rings is 1. The van der Waals surface area contributed by atoms with Crippen LogP contribution in [-0.4, -0.2) is 53.4 Å².